The van der Waals surface area contributed by atoms with E-state index in [1.807, 2.05) is 38.1 Å². The molecule has 0 spiro atoms. The van der Waals surface area contributed by atoms with Crippen molar-refractivity contribution in [2.24, 2.45) is 5.73 Å². The molecule has 0 saturated carbocycles. The molecule has 20 heavy (non-hydrogen) atoms. The number of amides is 1. The minimum Gasteiger partial charge on any atom is -0.377 e. The topological polar surface area (TPSA) is 64.3 Å². The number of carbonyl (C=O) groups is 1. The van der Waals surface area contributed by atoms with Crippen molar-refractivity contribution in [3.8, 4) is 0 Å². The Morgan fingerprint density at radius 2 is 2.05 bits per heavy atom. The van der Waals surface area contributed by atoms with Crippen molar-refractivity contribution in [2.75, 3.05) is 6.61 Å². The van der Waals surface area contributed by atoms with Crippen LogP contribution in [0.3, 0.4) is 0 Å². The number of hydrogen-bond acceptors (Lipinski definition) is 3. The minimum absolute atomic E-state index is 0.0804. The smallest absolute Gasteiger partial charge is 0.220 e. The molecule has 0 bridgehead atoms. The summed E-state index contributed by atoms with van der Waals surface area (Å²) in [6.45, 7) is 5.77. The van der Waals surface area contributed by atoms with Gasteiger partial charge in [-0.15, -0.1) is 0 Å². The summed E-state index contributed by atoms with van der Waals surface area (Å²) in [6.07, 6.45) is 2.26. The number of hydrogen-bond donors (Lipinski definition) is 2. The van der Waals surface area contributed by atoms with Crippen LogP contribution in [0.1, 0.15) is 44.2 Å². The second-order valence-corrected chi connectivity index (χ2v) is 5.05. The molecule has 4 heteroatoms. The Hall–Kier alpha value is -1.39. The SMILES string of the molecule is CCOCc1ccccc1CNC(=O)CCCC(C)N. The van der Waals surface area contributed by atoms with Gasteiger partial charge in [0, 0.05) is 25.6 Å². The Balaban J connectivity index is 2.38. The van der Waals surface area contributed by atoms with E-state index in [9.17, 15) is 4.79 Å². The molecule has 1 amide bonds. The van der Waals surface area contributed by atoms with Crippen molar-refractivity contribution in [2.45, 2.75) is 52.3 Å². The van der Waals surface area contributed by atoms with Crippen LogP contribution in [-0.2, 0) is 22.7 Å². The van der Waals surface area contributed by atoms with E-state index in [0.717, 1.165) is 24.0 Å². The molecule has 4 nitrogen and oxygen atoms in total. The largest absolute Gasteiger partial charge is 0.377 e. The summed E-state index contributed by atoms with van der Waals surface area (Å²) in [5.74, 6) is 0.0804. The molecule has 1 unspecified atom stereocenters. The Labute approximate surface area is 121 Å². The Bertz CT molecular complexity index is 405. The molecule has 0 aliphatic carbocycles. The first-order chi connectivity index (χ1) is 9.63. The van der Waals surface area contributed by atoms with Crippen LogP contribution < -0.4 is 11.1 Å². The van der Waals surface area contributed by atoms with Gasteiger partial charge >= 0.3 is 0 Å². The van der Waals surface area contributed by atoms with Crippen LogP contribution in [0.5, 0.6) is 0 Å². The zero-order chi connectivity index (χ0) is 14.8. The van der Waals surface area contributed by atoms with Crippen molar-refractivity contribution in [1.82, 2.24) is 5.32 Å². The maximum absolute atomic E-state index is 11.7. The number of nitrogens with one attached hydrogen (secondary N) is 1. The van der Waals surface area contributed by atoms with Crippen molar-refractivity contribution in [3.63, 3.8) is 0 Å². The van der Waals surface area contributed by atoms with Crippen LogP contribution in [0.2, 0.25) is 0 Å². The summed E-state index contributed by atoms with van der Waals surface area (Å²) in [5.41, 5.74) is 7.91. The Morgan fingerprint density at radius 3 is 2.70 bits per heavy atom. The molecule has 0 aliphatic heterocycles. The molecule has 1 atom stereocenters. The maximum Gasteiger partial charge on any atom is 0.220 e. The van der Waals surface area contributed by atoms with E-state index < -0.39 is 0 Å². The molecule has 112 valence electrons. The fraction of sp³-hybridized carbons (Fsp3) is 0.562. The van der Waals surface area contributed by atoms with Gasteiger partial charge in [-0.05, 0) is 37.8 Å². The van der Waals surface area contributed by atoms with Gasteiger partial charge < -0.3 is 15.8 Å². The van der Waals surface area contributed by atoms with Gasteiger partial charge in [0.05, 0.1) is 6.61 Å². The van der Waals surface area contributed by atoms with Crippen molar-refractivity contribution in [3.05, 3.63) is 35.4 Å². The lowest BCUT2D eigenvalue weighted by molar-refractivity contribution is -0.121. The molecule has 0 fully saturated rings. The van der Waals surface area contributed by atoms with E-state index in [1.54, 1.807) is 0 Å². The van der Waals surface area contributed by atoms with Crippen LogP contribution in [0.15, 0.2) is 24.3 Å². The van der Waals surface area contributed by atoms with E-state index in [0.29, 0.717) is 26.2 Å². The summed E-state index contributed by atoms with van der Waals surface area (Å²) in [6, 6.07) is 8.19. The zero-order valence-electron chi connectivity index (χ0n) is 12.5. The number of rotatable bonds is 9. The molecular formula is C16H26N2O2. The number of ether oxygens (including phenoxy) is 1. The first kappa shape index (κ1) is 16.7. The van der Waals surface area contributed by atoms with Crippen molar-refractivity contribution >= 4 is 5.91 Å². The predicted molar refractivity (Wildman–Crippen MR) is 81.1 cm³/mol. The molecule has 1 rings (SSSR count). The van der Waals surface area contributed by atoms with Gasteiger partial charge in [-0.2, -0.15) is 0 Å². The summed E-state index contributed by atoms with van der Waals surface area (Å²) >= 11 is 0. The Kier molecular flexibility index (Phi) is 7.92. The summed E-state index contributed by atoms with van der Waals surface area (Å²) in [5, 5.41) is 2.95. The van der Waals surface area contributed by atoms with Gasteiger partial charge in [-0.1, -0.05) is 24.3 Å². The normalized spacial score (nSPS) is 12.2. The lowest BCUT2D eigenvalue weighted by Gasteiger charge is -2.11. The van der Waals surface area contributed by atoms with E-state index in [2.05, 4.69) is 5.32 Å². The second kappa shape index (κ2) is 9.50. The molecule has 0 saturated heterocycles. The van der Waals surface area contributed by atoms with Crippen molar-refractivity contribution in [1.29, 1.82) is 0 Å². The predicted octanol–water partition coefficient (Wildman–Crippen LogP) is 2.36. The third-order valence-corrected chi connectivity index (χ3v) is 3.12. The van der Waals surface area contributed by atoms with Crippen LogP contribution in [-0.4, -0.2) is 18.6 Å². The van der Waals surface area contributed by atoms with Gasteiger partial charge in [0.2, 0.25) is 5.91 Å². The second-order valence-electron chi connectivity index (χ2n) is 5.05. The van der Waals surface area contributed by atoms with Gasteiger partial charge in [-0.25, -0.2) is 0 Å². The van der Waals surface area contributed by atoms with E-state index in [-0.39, 0.29) is 11.9 Å². The molecule has 0 radical (unpaired) electrons. The third kappa shape index (κ3) is 6.68. The highest BCUT2D eigenvalue weighted by molar-refractivity contribution is 5.75. The van der Waals surface area contributed by atoms with Gasteiger partial charge in [0.15, 0.2) is 0 Å². The highest BCUT2D eigenvalue weighted by atomic mass is 16.5. The third-order valence-electron chi connectivity index (χ3n) is 3.12. The lowest BCUT2D eigenvalue weighted by Crippen LogP contribution is -2.24. The zero-order valence-corrected chi connectivity index (χ0v) is 12.5. The molecule has 0 heterocycles. The van der Waals surface area contributed by atoms with Crippen LogP contribution in [0, 0.1) is 0 Å². The monoisotopic (exact) mass is 278 g/mol. The van der Waals surface area contributed by atoms with E-state index in [1.165, 1.54) is 0 Å². The maximum atomic E-state index is 11.7. The molecule has 0 aliphatic rings. The quantitative estimate of drug-likeness (QED) is 0.729. The molecule has 0 aromatic heterocycles. The molecule has 1 aromatic carbocycles. The average Bonchev–Trinajstić information content (AvgIpc) is 2.43. The number of benzene rings is 1. The first-order valence-corrected chi connectivity index (χ1v) is 7.30. The number of carbonyl (C=O) groups excluding carboxylic acids is 1. The average molecular weight is 278 g/mol. The van der Waals surface area contributed by atoms with Crippen LogP contribution in [0.4, 0.5) is 0 Å². The fourth-order valence-corrected chi connectivity index (χ4v) is 1.95. The minimum atomic E-state index is 0.0804. The molecule has 1 aromatic rings. The summed E-state index contributed by atoms with van der Waals surface area (Å²) in [7, 11) is 0. The highest BCUT2D eigenvalue weighted by Gasteiger charge is 2.05. The fourth-order valence-electron chi connectivity index (χ4n) is 1.95. The Morgan fingerprint density at radius 1 is 1.35 bits per heavy atom. The number of nitrogens with two attached hydrogens (primary N) is 1. The summed E-state index contributed by atoms with van der Waals surface area (Å²) < 4.78 is 5.43. The molecular weight excluding hydrogens is 252 g/mol. The van der Waals surface area contributed by atoms with Gasteiger partial charge in [-0.3, -0.25) is 4.79 Å². The van der Waals surface area contributed by atoms with Gasteiger partial charge in [0.25, 0.3) is 0 Å². The van der Waals surface area contributed by atoms with E-state index >= 15 is 0 Å². The summed E-state index contributed by atoms with van der Waals surface area (Å²) in [4.78, 5) is 11.7. The van der Waals surface area contributed by atoms with Crippen molar-refractivity contribution < 1.29 is 9.53 Å². The van der Waals surface area contributed by atoms with Crippen LogP contribution >= 0.6 is 0 Å². The molecule has 3 N–H and O–H groups in total. The van der Waals surface area contributed by atoms with E-state index in [4.69, 9.17) is 10.5 Å². The lowest BCUT2D eigenvalue weighted by atomic mass is 10.1. The first-order valence-electron chi connectivity index (χ1n) is 7.30. The van der Waals surface area contributed by atoms with Crippen LogP contribution in [0.25, 0.3) is 0 Å². The van der Waals surface area contributed by atoms with Gasteiger partial charge in [0.1, 0.15) is 0 Å². The highest BCUT2D eigenvalue weighted by Crippen LogP contribution is 2.10. The standard InChI is InChI=1S/C16H26N2O2/c1-3-20-12-15-9-5-4-8-14(15)11-18-16(19)10-6-7-13(2)17/h4-5,8-9,13H,3,6-7,10-12,17H2,1-2H3,(H,18,19).